The highest BCUT2D eigenvalue weighted by Gasteiger charge is 2.50. The number of piperazine rings is 1. The largest absolute Gasteiger partial charge is 0.461 e. The Morgan fingerprint density at radius 2 is 1.74 bits per heavy atom. The second-order valence-electron chi connectivity index (χ2n) is 12.8. The van der Waals surface area contributed by atoms with Gasteiger partial charge in [-0.2, -0.15) is 36.3 Å². The highest BCUT2D eigenvalue weighted by atomic mass is 19.4. The Kier molecular flexibility index (Phi) is 7.27. The van der Waals surface area contributed by atoms with E-state index < -0.39 is 69.2 Å². The first kappa shape index (κ1) is 31.1. The molecular weight excluding hydrogens is 626 g/mol. The molecule has 3 aromatic rings. The number of nitrogen functional groups attached to an aromatic ring is 1. The first-order valence-corrected chi connectivity index (χ1v) is 15.1. The molecule has 0 radical (unpaired) electrons. The van der Waals surface area contributed by atoms with Crippen LogP contribution in [0.1, 0.15) is 48.8 Å². The minimum absolute atomic E-state index is 0.0130. The van der Waals surface area contributed by atoms with Gasteiger partial charge in [0.15, 0.2) is 5.82 Å². The molecule has 0 saturated carbocycles. The summed E-state index contributed by atoms with van der Waals surface area (Å²) in [6.07, 6.45) is -8.23. The highest BCUT2D eigenvalue weighted by molar-refractivity contribution is 5.95. The molecule has 248 valence electrons. The fourth-order valence-electron chi connectivity index (χ4n) is 7.81. The number of alkyl halides is 7. The molecule has 0 spiro atoms. The number of fused-ring (bicyclic) bond motifs is 4. The number of aromatic nitrogens is 3. The third-order valence-electron chi connectivity index (χ3n) is 9.70. The molecular formula is C30H31F8N7O. The van der Waals surface area contributed by atoms with Crippen LogP contribution in [0.5, 0.6) is 6.01 Å². The second kappa shape index (κ2) is 10.8. The Hall–Kier alpha value is -3.53. The molecule has 2 aromatic heterocycles. The summed E-state index contributed by atoms with van der Waals surface area (Å²) >= 11 is 0. The molecule has 4 aliphatic heterocycles. The van der Waals surface area contributed by atoms with E-state index in [-0.39, 0.29) is 48.9 Å². The van der Waals surface area contributed by atoms with Crippen molar-refractivity contribution in [2.75, 3.05) is 43.4 Å². The van der Waals surface area contributed by atoms with Crippen molar-refractivity contribution in [1.82, 2.24) is 25.2 Å². The lowest BCUT2D eigenvalue weighted by Crippen LogP contribution is -2.51. The number of halogens is 8. The lowest BCUT2D eigenvalue weighted by Gasteiger charge is -2.35. The highest BCUT2D eigenvalue weighted by Crippen LogP contribution is 2.48. The normalized spacial score (nSPS) is 26.7. The Balaban J connectivity index is 1.44. The molecule has 4 atom stereocenters. The van der Waals surface area contributed by atoms with Gasteiger partial charge < -0.3 is 20.7 Å². The van der Waals surface area contributed by atoms with E-state index in [1.54, 1.807) is 4.90 Å². The van der Waals surface area contributed by atoms with Gasteiger partial charge in [-0.15, -0.1) is 0 Å². The van der Waals surface area contributed by atoms with Crippen molar-refractivity contribution in [3.8, 4) is 17.3 Å². The monoisotopic (exact) mass is 657 g/mol. The third kappa shape index (κ3) is 5.26. The van der Waals surface area contributed by atoms with Crippen molar-refractivity contribution in [2.24, 2.45) is 0 Å². The molecule has 2 bridgehead atoms. The third-order valence-corrected chi connectivity index (χ3v) is 9.70. The Morgan fingerprint density at radius 1 is 1.02 bits per heavy atom. The van der Waals surface area contributed by atoms with Crippen LogP contribution in [0.2, 0.25) is 0 Å². The van der Waals surface area contributed by atoms with E-state index in [2.05, 4.69) is 20.3 Å². The molecule has 7 rings (SSSR count). The molecule has 0 aliphatic carbocycles. The number of rotatable bonds is 5. The van der Waals surface area contributed by atoms with Gasteiger partial charge in [0, 0.05) is 43.5 Å². The summed E-state index contributed by atoms with van der Waals surface area (Å²) in [6.45, 7) is 2.57. The summed E-state index contributed by atoms with van der Waals surface area (Å²) in [4.78, 5) is 15.9. The number of pyridine rings is 1. The molecule has 4 aliphatic rings. The van der Waals surface area contributed by atoms with Crippen LogP contribution in [-0.2, 0) is 12.4 Å². The first-order chi connectivity index (χ1) is 21.6. The standard InChI is InChI=1S/C30H31F8N7O/c1-14-7-20(39)41-25(22(14)30(36,37)38)21-19(29(33,34)35)8-18-24(23(21)32)42-27(43-26(18)44-11-16-3-4-17(12-44)40-16)46-13-28-5-2-6-45(28)10-15(31)9-28/h7-8,15-17,40H,2-6,9-13H2,1H3,(H2,39,41)/t15-,16?,17?,28+/m1/s1. The maximum absolute atomic E-state index is 16.7. The van der Waals surface area contributed by atoms with E-state index in [0.29, 0.717) is 32.1 Å². The molecule has 6 heterocycles. The van der Waals surface area contributed by atoms with E-state index in [1.807, 2.05) is 4.90 Å². The number of anilines is 2. The van der Waals surface area contributed by atoms with Gasteiger partial charge in [-0.05, 0) is 56.8 Å². The van der Waals surface area contributed by atoms with Gasteiger partial charge in [0.25, 0.3) is 0 Å². The summed E-state index contributed by atoms with van der Waals surface area (Å²) in [5, 5.41) is 3.08. The average Bonchev–Trinajstić information content (AvgIpc) is 3.60. The van der Waals surface area contributed by atoms with E-state index in [9.17, 15) is 30.7 Å². The summed E-state index contributed by atoms with van der Waals surface area (Å²) < 4.78 is 124. The van der Waals surface area contributed by atoms with Gasteiger partial charge in [0.05, 0.1) is 27.9 Å². The maximum atomic E-state index is 16.7. The molecule has 2 unspecified atom stereocenters. The van der Waals surface area contributed by atoms with Crippen molar-refractivity contribution >= 4 is 22.5 Å². The van der Waals surface area contributed by atoms with E-state index in [1.165, 1.54) is 0 Å². The molecule has 3 N–H and O–H groups in total. The van der Waals surface area contributed by atoms with Crippen molar-refractivity contribution in [3.05, 3.63) is 34.6 Å². The zero-order chi connectivity index (χ0) is 32.8. The predicted octanol–water partition coefficient (Wildman–Crippen LogP) is 5.65. The fourth-order valence-corrected chi connectivity index (χ4v) is 7.81. The Morgan fingerprint density at radius 3 is 2.41 bits per heavy atom. The van der Waals surface area contributed by atoms with Crippen LogP contribution in [0.15, 0.2) is 12.1 Å². The molecule has 0 amide bonds. The molecule has 8 nitrogen and oxygen atoms in total. The summed E-state index contributed by atoms with van der Waals surface area (Å²) in [7, 11) is 0. The van der Waals surface area contributed by atoms with Crippen LogP contribution in [0.25, 0.3) is 22.2 Å². The smallest absolute Gasteiger partial charge is 0.418 e. The average molecular weight is 658 g/mol. The number of benzene rings is 1. The minimum atomic E-state index is -5.29. The van der Waals surface area contributed by atoms with Crippen molar-refractivity contribution in [1.29, 1.82) is 0 Å². The Labute approximate surface area is 258 Å². The predicted molar refractivity (Wildman–Crippen MR) is 153 cm³/mol. The molecule has 46 heavy (non-hydrogen) atoms. The molecule has 16 heteroatoms. The van der Waals surface area contributed by atoms with Gasteiger partial charge in [-0.3, -0.25) is 4.90 Å². The topological polar surface area (TPSA) is 92.4 Å². The number of hydrogen-bond donors (Lipinski definition) is 2. The van der Waals surface area contributed by atoms with Crippen LogP contribution in [0.3, 0.4) is 0 Å². The number of aryl methyl sites for hydroxylation is 1. The van der Waals surface area contributed by atoms with Gasteiger partial charge in [0.2, 0.25) is 0 Å². The fraction of sp³-hybridized carbons (Fsp3) is 0.567. The number of hydrogen-bond acceptors (Lipinski definition) is 8. The Bertz CT molecular complexity index is 1690. The van der Waals surface area contributed by atoms with Gasteiger partial charge in [-0.25, -0.2) is 13.8 Å². The van der Waals surface area contributed by atoms with Crippen LogP contribution in [-0.4, -0.2) is 76.4 Å². The zero-order valence-corrected chi connectivity index (χ0v) is 24.7. The number of nitrogens with one attached hydrogen (secondary N) is 1. The van der Waals surface area contributed by atoms with Crippen LogP contribution >= 0.6 is 0 Å². The summed E-state index contributed by atoms with van der Waals surface area (Å²) in [6, 6.07) is 1.10. The zero-order valence-electron chi connectivity index (χ0n) is 24.7. The number of ether oxygens (including phenoxy) is 1. The van der Waals surface area contributed by atoms with E-state index in [4.69, 9.17) is 10.5 Å². The van der Waals surface area contributed by atoms with E-state index in [0.717, 1.165) is 32.3 Å². The molecule has 1 aromatic carbocycles. The van der Waals surface area contributed by atoms with Gasteiger partial charge in [-0.1, -0.05) is 0 Å². The number of nitrogens with zero attached hydrogens (tertiary/aromatic N) is 5. The summed E-state index contributed by atoms with van der Waals surface area (Å²) in [5.41, 5.74) is -2.05. The number of nitrogens with two attached hydrogens (primary N) is 1. The maximum Gasteiger partial charge on any atom is 0.418 e. The molecule has 4 fully saturated rings. The first-order valence-electron chi connectivity index (χ1n) is 15.1. The lowest BCUT2D eigenvalue weighted by molar-refractivity contribution is -0.139. The van der Waals surface area contributed by atoms with Crippen molar-refractivity contribution in [3.63, 3.8) is 0 Å². The van der Waals surface area contributed by atoms with Crippen LogP contribution < -0.4 is 20.7 Å². The molecule has 4 saturated heterocycles. The minimum Gasteiger partial charge on any atom is -0.461 e. The SMILES string of the molecule is Cc1cc(N)nc(-c2c(C(F)(F)F)cc3c(N4CC5CCC(C4)N5)nc(OC[C@@]45CCCN4C[C@H](F)C5)nc3c2F)c1C(F)(F)F. The van der Waals surface area contributed by atoms with Crippen LogP contribution in [0.4, 0.5) is 46.8 Å². The van der Waals surface area contributed by atoms with Crippen LogP contribution in [0, 0.1) is 12.7 Å². The van der Waals surface area contributed by atoms with Gasteiger partial charge >= 0.3 is 18.4 Å². The second-order valence-corrected chi connectivity index (χ2v) is 12.8. The summed E-state index contributed by atoms with van der Waals surface area (Å²) in [5.74, 6) is -2.21. The van der Waals surface area contributed by atoms with Crippen molar-refractivity contribution < 1.29 is 39.9 Å². The van der Waals surface area contributed by atoms with Crippen molar-refractivity contribution in [2.45, 2.75) is 75.2 Å². The lowest BCUT2D eigenvalue weighted by atomic mass is 9.94. The van der Waals surface area contributed by atoms with E-state index >= 15 is 4.39 Å². The quantitative estimate of drug-likeness (QED) is 0.340. The van der Waals surface area contributed by atoms with Gasteiger partial charge in [0.1, 0.15) is 29.9 Å².